The number of nitrogens with zero attached hydrogens (tertiary/aromatic N) is 1. The van der Waals surface area contributed by atoms with Crippen LogP contribution >= 0.6 is 0 Å². The SMILES string of the molecule is CCOC(=O)C[C@H](NC(=O)Nc1c(O)cc(C)n(C)c1=O)c1cc(-c2c(C)cccc2C)ccc1F. The molecule has 1 aromatic heterocycles. The smallest absolute Gasteiger partial charge is 0.319 e. The molecule has 0 spiro atoms. The Bertz CT molecular complexity index is 1350. The Morgan fingerprint density at radius 2 is 1.78 bits per heavy atom. The highest BCUT2D eigenvalue weighted by Crippen LogP contribution is 2.31. The normalized spacial score (nSPS) is 11.6. The van der Waals surface area contributed by atoms with E-state index in [1.165, 1.54) is 23.7 Å². The van der Waals surface area contributed by atoms with Crippen LogP contribution in [0.25, 0.3) is 11.1 Å². The summed E-state index contributed by atoms with van der Waals surface area (Å²) in [7, 11) is 1.50. The van der Waals surface area contributed by atoms with Crippen molar-refractivity contribution in [2.75, 3.05) is 11.9 Å². The third-order valence-electron chi connectivity index (χ3n) is 6.01. The van der Waals surface area contributed by atoms with E-state index >= 15 is 4.39 Å². The number of anilines is 1. The largest absolute Gasteiger partial charge is 0.505 e. The zero-order valence-electron chi connectivity index (χ0n) is 20.9. The van der Waals surface area contributed by atoms with E-state index in [9.17, 15) is 19.5 Å². The van der Waals surface area contributed by atoms with Crippen molar-refractivity contribution in [1.29, 1.82) is 0 Å². The van der Waals surface area contributed by atoms with Gasteiger partial charge in [0.15, 0.2) is 5.69 Å². The maximum absolute atomic E-state index is 15.1. The summed E-state index contributed by atoms with van der Waals surface area (Å²) in [6, 6.07) is 9.68. The topological polar surface area (TPSA) is 110 Å². The molecule has 0 radical (unpaired) electrons. The number of rotatable bonds is 7. The number of halogens is 1. The molecular formula is C27H30FN3O5. The molecule has 0 unspecified atom stereocenters. The molecule has 0 aliphatic carbocycles. The number of hydrogen-bond acceptors (Lipinski definition) is 5. The Hall–Kier alpha value is -4.14. The van der Waals surface area contributed by atoms with Gasteiger partial charge in [-0.3, -0.25) is 9.59 Å². The fraction of sp³-hybridized carbons (Fsp3) is 0.296. The van der Waals surface area contributed by atoms with Crippen LogP contribution in [0.3, 0.4) is 0 Å². The number of nitrogens with one attached hydrogen (secondary N) is 2. The van der Waals surface area contributed by atoms with Gasteiger partial charge in [-0.25, -0.2) is 9.18 Å². The summed E-state index contributed by atoms with van der Waals surface area (Å²) < 4.78 is 21.3. The maximum Gasteiger partial charge on any atom is 0.319 e. The van der Waals surface area contributed by atoms with Crippen molar-refractivity contribution in [3.63, 3.8) is 0 Å². The van der Waals surface area contributed by atoms with Crippen molar-refractivity contribution in [3.05, 3.63) is 81.0 Å². The molecule has 1 heterocycles. The number of urea groups is 1. The number of aryl methyl sites for hydroxylation is 3. The predicted molar refractivity (Wildman–Crippen MR) is 136 cm³/mol. The lowest BCUT2D eigenvalue weighted by Gasteiger charge is -2.21. The monoisotopic (exact) mass is 495 g/mol. The second kappa shape index (κ2) is 11.1. The van der Waals surface area contributed by atoms with E-state index in [0.29, 0.717) is 5.69 Å². The standard InChI is InChI=1S/C27H30FN3O5/c1-6-36-23(33)14-21(29-27(35)30-25-22(32)12-17(4)31(5)26(25)34)19-13-18(10-11-20(19)28)24-15(2)8-7-9-16(24)3/h7-13,21,32H,6,14H2,1-5H3,(H2,29,30,35)/t21-/m0/s1. The molecule has 3 aromatic rings. The quantitative estimate of drug-likeness (QED) is 0.414. The van der Waals surface area contributed by atoms with Crippen LogP contribution in [0, 0.1) is 26.6 Å². The van der Waals surface area contributed by atoms with Gasteiger partial charge in [0.05, 0.1) is 19.1 Å². The van der Waals surface area contributed by atoms with Gasteiger partial charge in [-0.05, 0) is 62.1 Å². The Labute approximate surface area is 208 Å². The van der Waals surface area contributed by atoms with Crippen LogP contribution in [-0.4, -0.2) is 28.3 Å². The molecule has 2 amide bonds. The molecule has 36 heavy (non-hydrogen) atoms. The Morgan fingerprint density at radius 3 is 2.42 bits per heavy atom. The average molecular weight is 496 g/mol. The third kappa shape index (κ3) is 5.73. The first-order chi connectivity index (χ1) is 17.0. The van der Waals surface area contributed by atoms with Crippen LogP contribution < -0.4 is 16.2 Å². The zero-order valence-corrected chi connectivity index (χ0v) is 20.9. The molecular weight excluding hydrogens is 465 g/mol. The summed E-state index contributed by atoms with van der Waals surface area (Å²) in [6.07, 6.45) is -0.341. The van der Waals surface area contributed by atoms with Gasteiger partial charge in [-0.15, -0.1) is 0 Å². The highest BCUT2D eigenvalue weighted by molar-refractivity contribution is 5.91. The van der Waals surface area contributed by atoms with Crippen molar-refractivity contribution < 1.29 is 23.8 Å². The second-order valence-electron chi connectivity index (χ2n) is 8.57. The number of ether oxygens (including phenoxy) is 1. The summed E-state index contributed by atoms with van der Waals surface area (Å²) in [5.74, 6) is -1.65. The zero-order chi connectivity index (χ0) is 26.6. The van der Waals surface area contributed by atoms with Crippen LogP contribution in [0.15, 0.2) is 47.3 Å². The fourth-order valence-electron chi connectivity index (χ4n) is 4.09. The number of benzene rings is 2. The van der Waals surface area contributed by atoms with Gasteiger partial charge in [0.1, 0.15) is 11.6 Å². The Balaban J connectivity index is 1.99. The minimum atomic E-state index is -1.11. The van der Waals surface area contributed by atoms with E-state index in [1.54, 1.807) is 26.0 Å². The van der Waals surface area contributed by atoms with Crippen LogP contribution in [0.4, 0.5) is 14.9 Å². The first-order valence-electron chi connectivity index (χ1n) is 11.5. The van der Waals surface area contributed by atoms with Crippen molar-refractivity contribution in [3.8, 4) is 16.9 Å². The number of aromatic hydroxyl groups is 1. The van der Waals surface area contributed by atoms with Crippen molar-refractivity contribution in [2.24, 2.45) is 7.05 Å². The highest BCUT2D eigenvalue weighted by Gasteiger charge is 2.24. The van der Waals surface area contributed by atoms with Gasteiger partial charge in [-0.1, -0.05) is 24.3 Å². The van der Waals surface area contributed by atoms with Crippen molar-refractivity contribution >= 4 is 17.7 Å². The molecule has 2 aromatic carbocycles. The molecule has 9 heteroatoms. The molecule has 0 saturated carbocycles. The minimum Gasteiger partial charge on any atom is -0.505 e. The van der Waals surface area contributed by atoms with Gasteiger partial charge in [0.25, 0.3) is 5.56 Å². The summed E-state index contributed by atoms with van der Waals surface area (Å²) in [4.78, 5) is 37.7. The molecule has 1 atom stereocenters. The Kier molecular flexibility index (Phi) is 8.14. The highest BCUT2D eigenvalue weighted by atomic mass is 19.1. The number of aromatic nitrogens is 1. The lowest BCUT2D eigenvalue weighted by atomic mass is 9.92. The van der Waals surface area contributed by atoms with Crippen molar-refractivity contribution in [2.45, 2.75) is 40.2 Å². The molecule has 190 valence electrons. The van der Waals surface area contributed by atoms with Crippen LogP contribution in [0.2, 0.25) is 0 Å². The molecule has 0 fully saturated rings. The minimum absolute atomic E-state index is 0.0828. The van der Waals surface area contributed by atoms with E-state index in [-0.39, 0.29) is 24.3 Å². The molecule has 0 saturated heterocycles. The second-order valence-corrected chi connectivity index (χ2v) is 8.57. The number of carbonyl (C=O) groups is 2. The molecule has 3 rings (SSSR count). The number of carbonyl (C=O) groups excluding carboxylic acids is 2. The summed E-state index contributed by atoms with van der Waals surface area (Å²) >= 11 is 0. The molecule has 0 aliphatic rings. The summed E-state index contributed by atoms with van der Waals surface area (Å²) in [6.45, 7) is 7.29. The number of pyridine rings is 1. The van der Waals surface area contributed by atoms with Crippen LogP contribution in [0.5, 0.6) is 5.75 Å². The number of amides is 2. The lowest BCUT2D eigenvalue weighted by molar-refractivity contribution is -0.143. The molecule has 0 aliphatic heterocycles. The van der Waals surface area contributed by atoms with Gasteiger partial charge in [0, 0.05) is 24.4 Å². The van der Waals surface area contributed by atoms with E-state index < -0.39 is 35.2 Å². The first kappa shape index (κ1) is 26.5. The first-order valence-corrected chi connectivity index (χ1v) is 11.5. The van der Waals surface area contributed by atoms with Crippen LogP contribution in [0.1, 0.15) is 41.8 Å². The molecule has 8 nitrogen and oxygen atoms in total. The maximum atomic E-state index is 15.1. The van der Waals surface area contributed by atoms with E-state index in [2.05, 4.69) is 10.6 Å². The third-order valence-corrected chi connectivity index (χ3v) is 6.01. The molecule has 0 bridgehead atoms. The van der Waals surface area contributed by atoms with E-state index in [1.807, 2.05) is 32.0 Å². The lowest BCUT2D eigenvalue weighted by Crippen LogP contribution is -2.36. The van der Waals surface area contributed by atoms with Crippen LogP contribution in [-0.2, 0) is 16.6 Å². The Morgan fingerprint density at radius 1 is 1.11 bits per heavy atom. The van der Waals surface area contributed by atoms with E-state index in [4.69, 9.17) is 4.74 Å². The van der Waals surface area contributed by atoms with Gasteiger partial charge >= 0.3 is 12.0 Å². The number of esters is 1. The molecule has 3 N–H and O–H groups in total. The van der Waals surface area contributed by atoms with Gasteiger partial charge < -0.3 is 25.0 Å². The predicted octanol–water partition coefficient (Wildman–Crippen LogP) is 4.64. The van der Waals surface area contributed by atoms with Crippen molar-refractivity contribution in [1.82, 2.24) is 9.88 Å². The fourth-order valence-corrected chi connectivity index (χ4v) is 4.09. The summed E-state index contributed by atoms with van der Waals surface area (Å²) in [5.41, 5.74) is 3.26. The average Bonchev–Trinajstić information content (AvgIpc) is 2.81. The van der Waals surface area contributed by atoms with E-state index in [0.717, 1.165) is 22.3 Å². The number of hydrogen-bond donors (Lipinski definition) is 3. The summed E-state index contributed by atoms with van der Waals surface area (Å²) in [5, 5.41) is 15.1. The van der Waals surface area contributed by atoms with Gasteiger partial charge in [0.2, 0.25) is 0 Å². The van der Waals surface area contributed by atoms with Gasteiger partial charge in [-0.2, -0.15) is 0 Å².